The quantitative estimate of drug-likeness (QED) is 0.157. The largest absolute Gasteiger partial charge is 0.415 e. The smallest absolute Gasteiger partial charge is 0.139 e. The van der Waals surface area contributed by atoms with Gasteiger partial charge in [0.1, 0.15) is 15.0 Å². The molecule has 1 saturated heterocycles. The van der Waals surface area contributed by atoms with E-state index < -0.39 is 0 Å². The van der Waals surface area contributed by atoms with Gasteiger partial charge >= 0.3 is 0 Å². The summed E-state index contributed by atoms with van der Waals surface area (Å²) in [5.74, 6) is 1.79. The van der Waals surface area contributed by atoms with Crippen LogP contribution in [-0.4, -0.2) is 29.1 Å². The monoisotopic (exact) mass is 757 g/mol. The highest BCUT2D eigenvalue weighted by molar-refractivity contribution is 14.2. The molecule has 37 heavy (non-hydrogen) atoms. The van der Waals surface area contributed by atoms with Gasteiger partial charge in [0.2, 0.25) is 0 Å². The summed E-state index contributed by atoms with van der Waals surface area (Å²) in [5.41, 5.74) is 10.1. The first kappa shape index (κ1) is 27.4. The van der Waals surface area contributed by atoms with Crippen molar-refractivity contribution in [2.24, 2.45) is 0 Å². The molecule has 3 heterocycles. The minimum Gasteiger partial charge on any atom is -0.415 e. The van der Waals surface area contributed by atoms with Crippen LogP contribution in [-0.2, 0) is 36.4 Å². The molecule has 194 valence electrons. The molecule has 2 aliphatic heterocycles. The molecule has 0 saturated carbocycles. The van der Waals surface area contributed by atoms with E-state index in [1.807, 2.05) is 18.5 Å². The second-order valence-corrected chi connectivity index (χ2v) is 13.1. The van der Waals surface area contributed by atoms with Gasteiger partial charge < -0.3 is 19.1 Å². The maximum atomic E-state index is 5.89. The number of hydrogen-bond acceptors (Lipinski definition) is 7. The van der Waals surface area contributed by atoms with E-state index in [4.69, 9.17) is 8.92 Å². The van der Waals surface area contributed by atoms with Crippen LogP contribution < -0.4 is 9.50 Å². The molecule has 1 unspecified atom stereocenters. The Bertz CT molecular complexity index is 1240. The molecule has 5 rings (SSSR count). The molecule has 2 aromatic carbocycles. The zero-order valence-corrected chi connectivity index (χ0v) is 26.4. The first-order valence-corrected chi connectivity index (χ1v) is 19.1. The van der Waals surface area contributed by atoms with E-state index in [0.29, 0.717) is 6.04 Å². The molecule has 0 bridgehead atoms. The lowest BCUT2D eigenvalue weighted by molar-refractivity contribution is 0.195. The average Bonchev–Trinajstić information content (AvgIpc) is 3.59. The average molecular weight is 758 g/mol. The molecule has 0 aliphatic carbocycles. The first-order valence-electron chi connectivity index (χ1n) is 12.3. The molecular weight excluding hydrogens is 728 g/mol. The topological polar surface area (TPSA) is 46.6 Å². The van der Waals surface area contributed by atoms with Crippen molar-refractivity contribution in [2.45, 2.75) is 44.1 Å². The lowest BCUT2D eigenvalue weighted by Gasteiger charge is -2.26. The van der Waals surface area contributed by atoms with Crippen molar-refractivity contribution >= 4 is 71.9 Å². The van der Waals surface area contributed by atoms with Gasteiger partial charge in [0.05, 0.1) is 12.6 Å². The van der Waals surface area contributed by atoms with E-state index in [9.17, 15) is 0 Å². The fourth-order valence-corrected chi connectivity index (χ4v) is 7.30. The van der Waals surface area contributed by atoms with E-state index in [1.54, 1.807) is 8.93 Å². The zero-order chi connectivity index (χ0) is 25.6. The zero-order valence-electron chi connectivity index (χ0n) is 20.4. The molecule has 5 nitrogen and oxygen atoms in total. The molecule has 2 aliphatic rings. The van der Waals surface area contributed by atoms with Crippen LogP contribution >= 0.6 is 60.6 Å². The number of fused-ring (bicyclic) bond motifs is 1. The van der Waals surface area contributed by atoms with Crippen molar-refractivity contribution in [2.75, 3.05) is 18.5 Å². The molecule has 3 aromatic rings. The van der Waals surface area contributed by atoms with Crippen LogP contribution in [0, 0.1) is 0 Å². The van der Waals surface area contributed by atoms with Crippen molar-refractivity contribution in [3.05, 3.63) is 94.8 Å². The number of ether oxygens (including phenoxy) is 1. The molecule has 1 atom stereocenters. The second kappa shape index (κ2) is 13.3. The summed E-state index contributed by atoms with van der Waals surface area (Å²) in [4.78, 5) is 6.74. The molecule has 0 amide bonds. The highest BCUT2D eigenvalue weighted by Gasteiger charge is 2.27. The maximum absolute atomic E-state index is 5.89. The maximum Gasteiger partial charge on any atom is 0.139 e. The summed E-state index contributed by atoms with van der Waals surface area (Å²) in [5, 5.41) is 3.73. The number of nitrogens with one attached hydrogen (secondary N) is 1. The van der Waals surface area contributed by atoms with Crippen molar-refractivity contribution in [1.29, 1.82) is 0 Å². The van der Waals surface area contributed by atoms with Gasteiger partial charge in [-0.1, -0.05) is 33.7 Å². The molecule has 1 fully saturated rings. The summed E-state index contributed by atoms with van der Waals surface area (Å²) in [6, 6.07) is 15.5. The van der Waals surface area contributed by atoms with Crippen molar-refractivity contribution in [3.63, 3.8) is 0 Å². The highest BCUT2D eigenvalue weighted by atomic mass is 127. The van der Waals surface area contributed by atoms with Gasteiger partial charge in [-0.25, -0.2) is 0 Å². The Morgan fingerprint density at radius 3 is 2.81 bits per heavy atom. The molecule has 1 aromatic heterocycles. The molecular formula is C28H29I2N3O2S2. The third-order valence-corrected chi connectivity index (χ3v) is 9.11. The van der Waals surface area contributed by atoms with E-state index in [1.165, 1.54) is 48.3 Å². The molecule has 0 radical (unpaired) electrons. The van der Waals surface area contributed by atoms with E-state index in [0.717, 1.165) is 62.8 Å². The van der Waals surface area contributed by atoms with Crippen LogP contribution in [0.1, 0.15) is 39.8 Å². The summed E-state index contributed by atoms with van der Waals surface area (Å²) in [6.45, 7) is 8.01. The molecule has 1 N–H and O–H groups in total. The normalized spacial score (nSPS) is 16.6. The van der Waals surface area contributed by atoms with Gasteiger partial charge in [-0.15, -0.1) is 0 Å². The fraction of sp³-hybridized carbons (Fsp3) is 0.321. The Balaban J connectivity index is 1.44. The van der Waals surface area contributed by atoms with E-state index in [-0.39, 0.29) is 0 Å². The number of anilines is 1. The number of benzene rings is 2. The van der Waals surface area contributed by atoms with Crippen molar-refractivity contribution in [1.82, 2.24) is 9.88 Å². The van der Waals surface area contributed by atoms with Gasteiger partial charge in [-0.3, -0.25) is 4.98 Å². The summed E-state index contributed by atoms with van der Waals surface area (Å²) in [6.07, 6.45) is 6.66. The Hall–Kier alpha value is -1.15. The van der Waals surface area contributed by atoms with Gasteiger partial charge in [0.25, 0.3) is 0 Å². The lowest BCUT2D eigenvalue weighted by atomic mass is 9.94. The number of aryl methyl sites for hydroxylation is 2. The Morgan fingerprint density at radius 1 is 1.16 bits per heavy atom. The minimum absolute atomic E-state index is 0.387. The van der Waals surface area contributed by atoms with Crippen molar-refractivity contribution in [3.8, 4) is 5.75 Å². The third-order valence-electron chi connectivity index (χ3n) is 6.96. The van der Waals surface area contributed by atoms with Gasteiger partial charge in [-0.05, 0) is 92.6 Å². The summed E-state index contributed by atoms with van der Waals surface area (Å²) < 4.78 is 11.5. The SMILES string of the molecule is C=C(c1c(CCc2cccnc2)cc(OSI)cc1CSI)N1Cc2cccc(NC3CCOC3)c2C1. The van der Waals surface area contributed by atoms with Gasteiger partial charge in [-0.2, -0.15) is 0 Å². The second-order valence-electron chi connectivity index (χ2n) is 9.33. The lowest BCUT2D eigenvalue weighted by Crippen LogP contribution is -2.20. The number of aromatic nitrogens is 1. The third kappa shape index (κ3) is 6.71. The van der Waals surface area contributed by atoms with Gasteiger partial charge in [0, 0.05) is 76.0 Å². The van der Waals surface area contributed by atoms with E-state index >= 15 is 0 Å². The Morgan fingerprint density at radius 2 is 2.05 bits per heavy atom. The van der Waals surface area contributed by atoms with Crippen LogP contribution in [0.25, 0.3) is 5.70 Å². The Labute approximate surface area is 251 Å². The first-order chi connectivity index (χ1) is 18.2. The standard InChI is InChI=1S/C28H29I2N3O2S2/c1-19(33-15-22-5-2-6-27(26(22)16-33)32-24-9-11-34-17-24)28-21(8-7-20-4-3-10-31-14-20)12-25(35-37-30)13-23(28)18-36-29/h2-6,10,12-14,24,32H,1,7-9,11,15-18H2. The predicted molar refractivity (Wildman–Crippen MR) is 173 cm³/mol. The minimum atomic E-state index is 0.387. The van der Waals surface area contributed by atoms with Gasteiger partial charge in [0.15, 0.2) is 0 Å². The van der Waals surface area contributed by atoms with Crippen LogP contribution in [0.5, 0.6) is 5.75 Å². The molecule has 0 spiro atoms. The summed E-state index contributed by atoms with van der Waals surface area (Å²) >= 11 is 4.56. The number of rotatable bonds is 11. The van der Waals surface area contributed by atoms with E-state index in [2.05, 4.69) is 101 Å². The van der Waals surface area contributed by atoms with Crippen LogP contribution in [0.4, 0.5) is 5.69 Å². The predicted octanol–water partition coefficient (Wildman–Crippen LogP) is 8.01. The van der Waals surface area contributed by atoms with Crippen LogP contribution in [0.2, 0.25) is 0 Å². The summed E-state index contributed by atoms with van der Waals surface area (Å²) in [7, 11) is 3.15. The number of pyridine rings is 1. The number of halogens is 2. The number of hydrogen-bond donors (Lipinski definition) is 1. The molecule has 9 heteroatoms. The van der Waals surface area contributed by atoms with Crippen molar-refractivity contribution < 1.29 is 8.92 Å². The Kier molecular flexibility index (Phi) is 9.84. The van der Waals surface area contributed by atoms with Crippen LogP contribution in [0.3, 0.4) is 0 Å². The highest BCUT2D eigenvalue weighted by Crippen LogP contribution is 2.40. The fourth-order valence-electron chi connectivity index (χ4n) is 5.16. The van der Waals surface area contributed by atoms with Crippen LogP contribution in [0.15, 0.2) is 61.4 Å². The number of nitrogens with zero attached hydrogens (tertiary/aromatic N) is 2.